The van der Waals surface area contributed by atoms with Crippen molar-refractivity contribution in [2.45, 2.75) is 24.3 Å². The van der Waals surface area contributed by atoms with Gasteiger partial charge in [0.25, 0.3) is 5.91 Å². The number of amidine groups is 1. The van der Waals surface area contributed by atoms with Crippen molar-refractivity contribution in [2.75, 3.05) is 16.4 Å². The lowest BCUT2D eigenvalue weighted by molar-refractivity contribution is -0.117. The minimum atomic E-state index is -3.14. The second kappa shape index (κ2) is 10.0. The fourth-order valence-corrected chi connectivity index (χ4v) is 8.39. The van der Waals surface area contributed by atoms with Gasteiger partial charge in [0.15, 0.2) is 15.0 Å². The number of sulfone groups is 1. The molecule has 2 fully saturated rings. The number of halogens is 1. The van der Waals surface area contributed by atoms with E-state index in [9.17, 15) is 13.2 Å². The highest BCUT2D eigenvalue weighted by atomic mass is 35.5. The van der Waals surface area contributed by atoms with E-state index < -0.39 is 9.84 Å². The molecular weight excluding hydrogens is 504 g/mol. The minimum Gasteiger partial charge on any atom is -0.489 e. The van der Waals surface area contributed by atoms with E-state index >= 15 is 0 Å². The lowest BCUT2D eigenvalue weighted by Crippen LogP contribution is -2.37. The number of rotatable bonds is 6. The van der Waals surface area contributed by atoms with E-state index in [4.69, 9.17) is 16.3 Å². The van der Waals surface area contributed by atoms with Crippen LogP contribution in [-0.2, 0) is 27.7 Å². The van der Waals surface area contributed by atoms with E-state index in [2.05, 4.69) is 4.99 Å². The minimum absolute atomic E-state index is 0.0364. The summed E-state index contributed by atoms with van der Waals surface area (Å²) in [6, 6.07) is 24.3. The van der Waals surface area contributed by atoms with E-state index in [1.54, 1.807) is 12.1 Å². The Bertz CT molecular complexity index is 1360. The SMILES string of the molecule is O=C(Cc1ccccc1Cl)N=C1S[C@@H]2CS(=O)(=O)C[C@@H]2N1c1ccc(OCc2ccccc2)cc1. The average Bonchev–Trinajstić information content (AvgIpc) is 3.31. The number of fused-ring (bicyclic) bond motifs is 1. The van der Waals surface area contributed by atoms with Gasteiger partial charge in [-0.05, 0) is 41.5 Å². The normalized spacial score (nSPS) is 21.7. The molecule has 5 rings (SSSR count). The zero-order valence-electron chi connectivity index (χ0n) is 18.7. The van der Waals surface area contributed by atoms with Crippen LogP contribution < -0.4 is 9.64 Å². The van der Waals surface area contributed by atoms with E-state index in [0.29, 0.717) is 28.1 Å². The number of hydrogen-bond acceptors (Lipinski definition) is 5. The third kappa shape index (κ3) is 5.55. The molecular formula is C26H23ClN2O4S2. The first kappa shape index (κ1) is 23.9. The molecule has 2 saturated heterocycles. The van der Waals surface area contributed by atoms with Crippen LogP contribution in [0.25, 0.3) is 0 Å². The predicted molar refractivity (Wildman–Crippen MR) is 141 cm³/mol. The highest BCUT2D eigenvalue weighted by Gasteiger charge is 2.49. The first-order chi connectivity index (χ1) is 16.9. The molecule has 3 aromatic carbocycles. The third-order valence-corrected chi connectivity index (χ3v) is 9.53. The summed E-state index contributed by atoms with van der Waals surface area (Å²) in [6.07, 6.45) is 0.0808. The van der Waals surface area contributed by atoms with Gasteiger partial charge in [-0.25, -0.2) is 8.42 Å². The van der Waals surface area contributed by atoms with Crippen molar-refractivity contribution in [3.8, 4) is 5.75 Å². The lowest BCUT2D eigenvalue weighted by atomic mass is 10.1. The highest BCUT2D eigenvalue weighted by Crippen LogP contribution is 2.41. The zero-order valence-corrected chi connectivity index (χ0v) is 21.1. The van der Waals surface area contributed by atoms with Gasteiger partial charge in [-0.3, -0.25) is 4.79 Å². The first-order valence-electron chi connectivity index (χ1n) is 11.2. The van der Waals surface area contributed by atoms with Crippen LogP contribution >= 0.6 is 23.4 Å². The Kier molecular flexibility index (Phi) is 6.86. The summed E-state index contributed by atoms with van der Waals surface area (Å²) in [7, 11) is -3.14. The summed E-state index contributed by atoms with van der Waals surface area (Å²) in [6.45, 7) is 0.450. The van der Waals surface area contributed by atoms with Crippen LogP contribution in [0.4, 0.5) is 5.69 Å². The molecule has 2 aliphatic heterocycles. The van der Waals surface area contributed by atoms with Crippen molar-refractivity contribution in [2.24, 2.45) is 4.99 Å². The summed E-state index contributed by atoms with van der Waals surface area (Å²) < 4.78 is 30.5. The maximum atomic E-state index is 12.8. The van der Waals surface area contributed by atoms with Crippen molar-refractivity contribution in [1.82, 2.24) is 0 Å². The number of ether oxygens (including phenoxy) is 1. The van der Waals surface area contributed by atoms with E-state index in [1.807, 2.05) is 71.6 Å². The van der Waals surface area contributed by atoms with Crippen molar-refractivity contribution >= 4 is 50.0 Å². The maximum Gasteiger partial charge on any atom is 0.252 e. The molecule has 2 aliphatic rings. The molecule has 3 aromatic rings. The Morgan fingerprint density at radius 1 is 1.00 bits per heavy atom. The van der Waals surface area contributed by atoms with Gasteiger partial charge in [0, 0.05) is 16.0 Å². The van der Waals surface area contributed by atoms with Crippen LogP contribution in [0, 0.1) is 0 Å². The molecule has 0 radical (unpaired) electrons. The van der Waals surface area contributed by atoms with Crippen LogP contribution in [0.3, 0.4) is 0 Å². The van der Waals surface area contributed by atoms with Crippen LogP contribution in [0.2, 0.25) is 5.02 Å². The van der Waals surface area contributed by atoms with Crippen molar-refractivity contribution < 1.29 is 17.9 Å². The molecule has 0 aromatic heterocycles. The standard InChI is InChI=1S/C26H23ClN2O4S2/c27-22-9-5-4-8-19(22)14-25(30)28-26-29(23-16-35(31,32)17-24(23)34-26)20-10-12-21(13-11-20)33-15-18-6-2-1-3-7-18/h1-13,23-24H,14-17H2/t23-,24+/m0/s1. The number of thioether (sulfide) groups is 1. The van der Waals surface area contributed by atoms with Gasteiger partial charge in [-0.2, -0.15) is 4.99 Å². The maximum absolute atomic E-state index is 12.8. The third-order valence-electron chi connectivity index (χ3n) is 5.95. The fourth-order valence-electron chi connectivity index (χ4n) is 4.26. The lowest BCUT2D eigenvalue weighted by Gasteiger charge is -2.24. The zero-order chi connectivity index (χ0) is 24.4. The number of carbonyl (C=O) groups excluding carboxylic acids is 1. The Balaban J connectivity index is 1.37. The number of carbonyl (C=O) groups is 1. The molecule has 0 spiro atoms. The molecule has 6 nitrogen and oxygen atoms in total. The molecule has 1 amide bonds. The molecule has 35 heavy (non-hydrogen) atoms. The molecule has 9 heteroatoms. The first-order valence-corrected chi connectivity index (χ1v) is 14.2. The van der Waals surface area contributed by atoms with Crippen molar-refractivity contribution in [3.63, 3.8) is 0 Å². The summed E-state index contributed by atoms with van der Waals surface area (Å²) >= 11 is 7.56. The second-order valence-electron chi connectivity index (χ2n) is 8.50. The number of amides is 1. The van der Waals surface area contributed by atoms with Crippen LogP contribution in [0.15, 0.2) is 83.9 Å². The Morgan fingerprint density at radius 2 is 1.71 bits per heavy atom. The highest BCUT2D eigenvalue weighted by molar-refractivity contribution is 8.16. The Morgan fingerprint density at radius 3 is 2.46 bits per heavy atom. The van der Waals surface area contributed by atoms with Crippen molar-refractivity contribution in [1.29, 1.82) is 0 Å². The van der Waals surface area contributed by atoms with Gasteiger partial charge >= 0.3 is 0 Å². The van der Waals surface area contributed by atoms with Gasteiger partial charge < -0.3 is 9.64 Å². The molecule has 0 unspecified atom stereocenters. The Hall–Kier alpha value is -2.81. The van der Waals surface area contributed by atoms with Gasteiger partial charge in [0.1, 0.15) is 12.4 Å². The van der Waals surface area contributed by atoms with Crippen LogP contribution in [-0.4, -0.2) is 42.3 Å². The molecule has 2 atom stereocenters. The van der Waals surface area contributed by atoms with Gasteiger partial charge in [0.05, 0.1) is 24.0 Å². The summed E-state index contributed by atoms with van der Waals surface area (Å²) in [5.74, 6) is 0.494. The van der Waals surface area contributed by atoms with E-state index in [-0.39, 0.29) is 35.1 Å². The summed E-state index contributed by atoms with van der Waals surface area (Å²) in [5.41, 5.74) is 2.55. The molecule has 0 saturated carbocycles. The molecule has 180 valence electrons. The van der Waals surface area contributed by atoms with Gasteiger partial charge in [0.2, 0.25) is 0 Å². The number of anilines is 1. The quantitative estimate of drug-likeness (QED) is 0.461. The average molecular weight is 527 g/mol. The van der Waals surface area contributed by atoms with Crippen LogP contribution in [0.5, 0.6) is 5.75 Å². The van der Waals surface area contributed by atoms with E-state index in [1.165, 1.54) is 11.8 Å². The largest absolute Gasteiger partial charge is 0.489 e. The van der Waals surface area contributed by atoms with E-state index in [0.717, 1.165) is 11.3 Å². The number of nitrogens with zero attached hydrogens (tertiary/aromatic N) is 2. The summed E-state index contributed by atoms with van der Waals surface area (Å²) in [5, 5.41) is 0.872. The molecule has 0 bridgehead atoms. The monoisotopic (exact) mass is 526 g/mol. The number of hydrogen-bond donors (Lipinski definition) is 0. The number of aliphatic imine (C=N–C) groups is 1. The van der Waals surface area contributed by atoms with Gasteiger partial charge in [-0.1, -0.05) is 71.9 Å². The molecule has 0 N–H and O–H groups in total. The Labute approximate surface area is 213 Å². The summed E-state index contributed by atoms with van der Waals surface area (Å²) in [4.78, 5) is 19.1. The predicted octanol–water partition coefficient (Wildman–Crippen LogP) is 4.76. The van der Waals surface area contributed by atoms with Gasteiger partial charge in [-0.15, -0.1) is 0 Å². The number of benzene rings is 3. The second-order valence-corrected chi connectivity index (χ2v) is 12.3. The fraction of sp³-hybridized carbons (Fsp3) is 0.231. The molecule has 0 aliphatic carbocycles. The van der Waals surface area contributed by atoms with Crippen molar-refractivity contribution in [3.05, 3.63) is 95.0 Å². The smallest absolute Gasteiger partial charge is 0.252 e. The topological polar surface area (TPSA) is 76.0 Å². The molecule has 2 heterocycles. The van der Waals surface area contributed by atoms with Crippen LogP contribution in [0.1, 0.15) is 11.1 Å².